The van der Waals surface area contributed by atoms with Gasteiger partial charge in [-0.05, 0) is 63.4 Å². The molecule has 0 aliphatic carbocycles. The molecule has 4 rings (SSSR count). The lowest BCUT2D eigenvalue weighted by atomic mass is 9.94. The first kappa shape index (κ1) is 26.4. The van der Waals surface area contributed by atoms with Crippen LogP contribution in [0.5, 0.6) is 5.75 Å². The summed E-state index contributed by atoms with van der Waals surface area (Å²) in [5, 5.41) is 5.89. The maximum absolute atomic E-state index is 13.3. The third kappa shape index (κ3) is 6.76. The zero-order chi connectivity index (χ0) is 25.5. The number of carbonyl (C=O) groups is 3. The van der Waals surface area contributed by atoms with Crippen molar-refractivity contribution in [3.8, 4) is 5.75 Å². The molecule has 3 heterocycles. The summed E-state index contributed by atoms with van der Waals surface area (Å²) in [4.78, 5) is 42.0. The van der Waals surface area contributed by atoms with Gasteiger partial charge in [-0.2, -0.15) is 0 Å². The van der Waals surface area contributed by atoms with Gasteiger partial charge in [-0.15, -0.1) is 0 Å². The molecule has 198 valence electrons. The highest BCUT2D eigenvalue weighted by Crippen LogP contribution is 2.32. The van der Waals surface area contributed by atoms with E-state index >= 15 is 0 Å². The summed E-state index contributed by atoms with van der Waals surface area (Å²) in [7, 11) is 1.79. The number of amides is 3. The fourth-order valence-corrected chi connectivity index (χ4v) is 5.37. The Kier molecular flexibility index (Phi) is 9.20. The van der Waals surface area contributed by atoms with Gasteiger partial charge in [0.2, 0.25) is 11.8 Å². The van der Waals surface area contributed by atoms with Crippen LogP contribution < -0.4 is 15.4 Å². The lowest BCUT2D eigenvalue weighted by Gasteiger charge is -2.42. The quantitative estimate of drug-likeness (QED) is 0.569. The van der Waals surface area contributed by atoms with Crippen LogP contribution in [0, 0.1) is 0 Å². The monoisotopic (exact) mass is 500 g/mol. The fourth-order valence-electron chi connectivity index (χ4n) is 5.37. The number of likely N-dealkylation sites (N-methyl/N-ethyl adjacent to an activating group) is 1. The van der Waals surface area contributed by atoms with Crippen molar-refractivity contribution in [1.29, 1.82) is 0 Å². The van der Waals surface area contributed by atoms with E-state index in [-0.39, 0.29) is 36.0 Å². The predicted octanol–water partition coefficient (Wildman–Crippen LogP) is 2.80. The molecule has 0 unspecified atom stereocenters. The van der Waals surface area contributed by atoms with Crippen LogP contribution in [0.4, 0.5) is 5.69 Å². The van der Waals surface area contributed by atoms with Crippen molar-refractivity contribution < 1.29 is 23.9 Å². The SMILES string of the molecule is CCCC(=O)Nc1ccc2c(c1)C(=O)N(C)[C@H]1CC[C@H](CC(=O)NCCN3CCCCC3)O[C@@H]1CO2. The van der Waals surface area contributed by atoms with E-state index in [2.05, 4.69) is 15.5 Å². The Morgan fingerprint density at radius 3 is 2.69 bits per heavy atom. The summed E-state index contributed by atoms with van der Waals surface area (Å²) in [6, 6.07) is 5.02. The van der Waals surface area contributed by atoms with E-state index in [0.717, 1.165) is 32.5 Å². The molecule has 2 N–H and O–H groups in total. The van der Waals surface area contributed by atoms with Crippen LogP contribution >= 0.6 is 0 Å². The first-order valence-corrected chi connectivity index (χ1v) is 13.4. The van der Waals surface area contributed by atoms with Gasteiger partial charge in [-0.1, -0.05) is 13.3 Å². The van der Waals surface area contributed by atoms with Crippen LogP contribution in [0.2, 0.25) is 0 Å². The second kappa shape index (κ2) is 12.5. The Hall–Kier alpha value is -2.65. The normalized spacial score (nSPS) is 24.6. The number of hydrogen-bond acceptors (Lipinski definition) is 6. The molecule has 0 spiro atoms. The van der Waals surface area contributed by atoms with Gasteiger partial charge in [0, 0.05) is 32.2 Å². The number of hydrogen-bond donors (Lipinski definition) is 2. The van der Waals surface area contributed by atoms with Gasteiger partial charge < -0.3 is 29.9 Å². The molecule has 3 aliphatic rings. The summed E-state index contributed by atoms with van der Waals surface area (Å²) < 4.78 is 12.3. The Labute approximate surface area is 213 Å². The van der Waals surface area contributed by atoms with Crippen LogP contribution in [0.25, 0.3) is 0 Å². The number of anilines is 1. The summed E-state index contributed by atoms with van der Waals surface area (Å²) in [5.74, 6) is 0.241. The third-order valence-corrected chi connectivity index (χ3v) is 7.38. The van der Waals surface area contributed by atoms with Crippen molar-refractivity contribution in [2.45, 2.75) is 76.5 Å². The van der Waals surface area contributed by atoms with E-state index in [9.17, 15) is 14.4 Å². The van der Waals surface area contributed by atoms with Gasteiger partial charge in [0.15, 0.2) is 0 Å². The van der Waals surface area contributed by atoms with Crippen molar-refractivity contribution in [2.24, 2.45) is 0 Å². The van der Waals surface area contributed by atoms with Gasteiger partial charge >= 0.3 is 0 Å². The summed E-state index contributed by atoms with van der Waals surface area (Å²) in [6.07, 6.45) is 6.24. The number of benzene rings is 1. The van der Waals surface area contributed by atoms with E-state index < -0.39 is 0 Å². The number of nitrogens with one attached hydrogen (secondary N) is 2. The molecule has 0 bridgehead atoms. The molecular formula is C27H40N4O5. The maximum atomic E-state index is 13.3. The van der Waals surface area contributed by atoms with Crippen LogP contribution in [0.3, 0.4) is 0 Å². The smallest absolute Gasteiger partial charge is 0.257 e. The highest BCUT2D eigenvalue weighted by Gasteiger charge is 2.39. The Bertz CT molecular complexity index is 933. The molecule has 9 nitrogen and oxygen atoms in total. The number of nitrogens with zero attached hydrogens (tertiary/aromatic N) is 2. The molecule has 9 heteroatoms. The standard InChI is InChI=1S/C27H40N4O5/c1-3-7-25(32)29-19-8-11-23-21(16-19)27(34)30(2)22-10-9-20(36-24(22)18-35-23)17-26(33)28-12-15-31-13-5-4-6-14-31/h8,11,16,20,22,24H,3-7,9-10,12-15,17-18H2,1-2H3,(H,28,33)(H,29,32)/t20-,22+,24-/m1/s1. The molecule has 0 radical (unpaired) electrons. The molecule has 1 aromatic rings. The molecule has 36 heavy (non-hydrogen) atoms. The molecule has 0 aromatic heterocycles. The molecule has 3 amide bonds. The van der Waals surface area contributed by atoms with Crippen molar-refractivity contribution in [3.05, 3.63) is 23.8 Å². The molecule has 3 aliphatic heterocycles. The molecule has 2 saturated heterocycles. The van der Waals surface area contributed by atoms with Crippen molar-refractivity contribution >= 4 is 23.4 Å². The highest BCUT2D eigenvalue weighted by atomic mass is 16.5. The predicted molar refractivity (Wildman–Crippen MR) is 137 cm³/mol. The molecule has 2 fully saturated rings. The Balaban J connectivity index is 1.32. The first-order chi connectivity index (χ1) is 17.4. The molecular weight excluding hydrogens is 460 g/mol. The van der Waals surface area contributed by atoms with E-state index in [1.807, 2.05) is 6.92 Å². The summed E-state index contributed by atoms with van der Waals surface area (Å²) >= 11 is 0. The van der Waals surface area contributed by atoms with Crippen LogP contribution in [0.15, 0.2) is 18.2 Å². The van der Waals surface area contributed by atoms with E-state index in [0.29, 0.717) is 49.4 Å². The zero-order valence-corrected chi connectivity index (χ0v) is 21.6. The number of fused-ring (bicyclic) bond motifs is 2. The largest absolute Gasteiger partial charge is 0.490 e. The van der Waals surface area contributed by atoms with Gasteiger partial charge in [0.25, 0.3) is 5.91 Å². The van der Waals surface area contributed by atoms with Crippen molar-refractivity contribution in [2.75, 3.05) is 45.2 Å². The van der Waals surface area contributed by atoms with E-state index in [1.165, 1.54) is 19.3 Å². The summed E-state index contributed by atoms with van der Waals surface area (Å²) in [5.41, 5.74) is 1.02. The van der Waals surface area contributed by atoms with Crippen molar-refractivity contribution in [1.82, 2.24) is 15.1 Å². The minimum atomic E-state index is -0.309. The Morgan fingerprint density at radius 2 is 1.92 bits per heavy atom. The first-order valence-electron chi connectivity index (χ1n) is 13.4. The van der Waals surface area contributed by atoms with Gasteiger partial charge in [-0.25, -0.2) is 0 Å². The van der Waals surface area contributed by atoms with Crippen molar-refractivity contribution in [3.63, 3.8) is 0 Å². The van der Waals surface area contributed by atoms with Gasteiger partial charge in [0.1, 0.15) is 18.5 Å². The molecule has 0 saturated carbocycles. The third-order valence-electron chi connectivity index (χ3n) is 7.38. The minimum Gasteiger partial charge on any atom is -0.490 e. The lowest BCUT2D eigenvalue weighted by Crippen LogP contribution is -2.54. The number of likely N-dealkylation sites (tertiary alicyclic amines) is 1. The van der Waals surface area contributed by atoms with E-state index in [1.54, 1.807) is 30.1 Å². The zero-order valence-electron chi connectivity index (χ0n) is 21.6. The van der Waals surface area contributed by atoms with E-state index in [4.69, 9.17) is 9.47 Å². The number of ether oxygens (including phenoxy) is 2. The number of carbonyl (C=O) groups excluding carboxylic acids is 3. The highest BCUT2D eigenvalue weighted by molar-refractivity contribution is 5.99. The minimum absolute atomic E-state index is 0.00893. The average Bonchev–Trinajstić information content (AvgIpc) is 2.87. The maximum Gasteiger partial charge on any atom is 0.257 e. The fraction of sp³-hybridized carbons (Fsp3) is 0.667. The Morgan fingerprint density at radius 1 is 1.11 bits per heavy atom. The molecule has 1 aromatic carbocycles. The van der Waals surface area contributed by atoms with Crippen LogP contribution in [0.1, 0.15) is 68.6 Å². The second-order valence-corrected chi connectivity index (χ2v) is 10.1. The van der Waals surface area contributed by atoms with Gasteiger partial charge in [0.05, 0.1) is 24.1 Å². The second-order valence-electron chi connectivity index (χ2n) is 10.1. The molecule has 3 atom stereocenters. The van der Waals surface area contributed by atoms with Crippen LogP contribution in [-0.4, -0.2) is 85.6 Å². The number of piperidine rings is 1. The average molecular weight is 501 g/mol. The lowest BCUT2D eigenvalue weighted by molar-refractivity contribution is -0.134. The number of rotatable bonds is 8. The van der Waals surface area contributed by atoms with Crippen LogP contribution in [-0.2, 0) is 14.3 Å². The topological polar surface area (TPSA) is 100 Å². The summed E-state index contributed by atoms with van der Waals surface area (Å²) in [6.45, 7) is 6.04. The van der Waals surface area contributed by atoms with Gasteiger partial charge in [-0.3, -0.25) is 14.4 Å².